The second-order valence-corrected chi connectivity index (χ2v) is 3.62. The molecule has 0 unspecified atom stereocenters. The van der Waals surface area contributed by atoms with Crippen LogP contribution in [0.3, 0.4) is 0 Å². The zero-order valence-electron chi connectivity index (χ0n) is 8.94. The molecule has 2 N–H and O–H groups in total. The van der Waals surface area contributed by atoms with E-state index >= 15 is 0 Å². The van der Waals surface area contributed by atoms with Crippen LogP contribution in [0.15, 0.2) is 36.8 Å². The monoisotopic (exact) mass is 219 g/mol. The minimum Gasteiger partial charge on any atom is -0.333 e. The van der Waals surface area contributed by atoms with E-state index in [1.165, 1.54) is 6.07 Å². The van der Waals surface area contributed by atoms with E-state index in [-0.39, 0.29) is 5.82 Å². The van der Waals surface area contributed by atoms with Gasteiger partial charge in [0.25, 0.3) is 0 Å². The lowest BCUT2D eigenvalue weighted by Crippen LogP contribution is -2.08. The first-order valence-corrected chi connectivity index (χ1v) is 5.23. The van der Waals surface area contributed by atoms with Gasteiger partial charge in [0.1, 0.15) is 5.82 Å². The van der Waals surface area contributed by atoms with Gasteiger partial charge < -0.3 is 10.3 Å². The molecule has 0 spiro atoms. The van der Waals surface area contributed by atoms with Gasteiger partial charge in [0.15, 0.2) is 0 Å². The molecular weight excluding hydrogens is 205 g/mol. The molecule has 84 valence electrons. The number of nitrogens with zero attached hydrogens (tertiary/aromatic N) is 2. The summed E-state index contributed by atoms with van der Waals surface area (Å²) in [6.45, 7) is 1.16. The number of benzene rings is 1. The highest BCUT2D eigenvalue weighted by Gasteiger charge is 2.03. The molecule has 0 bridgehead atoms. The van der Waals surface area contributed by atoms with Crippen LogP contribution in [0.25, 0.3) is 0 Å². The molecule has 2 rings (SSSR count). The van der Waals surface area contributed by atoms with Crippen molar-refractivity contribution < 1.29 is 4.39 Å². The van der Waals surface area contributed by atoms with Gasteiger partial charge in [-0.3, -0.25) is 0 Å². The quantitative estimate of drug-likeness (QED) is 0.851. The lowest BCUT2D eigenvalue weighted by molar-refractivity contribution is 0.588. The third-order valence-corrected chi connectivity index (χ3v) is 2.59. The summed E-state index contributed by atoms with van der Waals surface area (Å²) in [5, 5.41) is 0. The first kappa shape index (κ1) is 10.8. The van der Waals surface area contributed by atoms with Crippen LogP contribution in [0.4, 0.5) is 4.39 Å². The number of halogens is 1. The Morgan fingerprint density at radius 1 is 1.31 bits per heavy atom. The van der Waals surface area contributed by atoms with E-state index in [1.807, 2.05) is 10.6 Å². The van der Waals surface area contributed by atoms with Crippen LogP contribution >= 0.6 is 0 Å². The van der Waals surface area contributed by atoms with Crippen molar-refractivity contribution in [3.05, 3.63) is 53.9 Å². The van der Waals surface area contributed by atoms with Crippen LogP contribution in [0.1, 0.15) is 11.3 Å². The fraction of sp³-hybridized carbons (Fsp3) is 0.250. The van der Waals surface area contributed by atoms with Gasteiger partial charge in [-0.15, -0.1) is 0 Å². The molecular formula is C12H14FN3. The minimum atomic E-state index is -0.156. The average molecular weight is 219 g/mol. The van der Waals surface area contributed by atoms with E-state index in [0.29, 0.717) is 19.5 Å². The molecule has 3 nitrogen and oxygen atoms in total. The van der Waals surface area contributed by atoms with E-state index in [4.69, 9.17) is 5.73 Å². The van der Waals surface area contributed by atoms with Crippen LogP contribution in [-0.2, 0) is 19.5 Å². The smallest absolute Gasteiger partial charge is 0.126 e. The molecule has 0 saturated carbocycles. The van der Waals surface area contributed by atoms with E-state index < -0.39 is 0 Å². The highest BCUT2D eigenvalue weighted by atomic mass is 19.1. The lowest BCUT2D eigenvalue weighted by Gasteiger charge is -2.07. The Balaban J connectivity index is 2.05. The largest absolute Gasteiger partial charge is 0.333 e. The summed E-state index contributed by atoms with van der Waals surface area (Å²) < 4.78 is 15.3. The number of hydrogen-bond donors (Lipinski definition) is 1. The average Bonchev–Trinajstić information content (AvgIpc) is 2.75. The van der Waals surface area contributed by atoms with Gasteiger partial charge in [-0.05, 0) is 18.1 Å². The SMILES string of the molecule is NCc1cncn1CCc1ccccc1F. The van der Waals surface area contributed by atoms with Crippen molar-refractivity contribution in [3.63, 3.8) is 0 Å². The molecule has 0 aliphatic rings. The van der Waals surface area contributed by atoms with Gasteiger partial charge in [0.05, 0.1) is 12.0 Å². The summed E-state index contributed by atoms with van der Waals surface area (Å²) in [5.41, 5.74) is 7.25. The Kier molecular flexibility index (Phi) is 3.31. The topological polar surface area (TPSA) is 43.8 Å². The van der Waals surface area contributed by atoms with Gasteiger partial charge in [-0.25, -0.2) is 9.37 Å². The highest BCUT2D eigenvalue weighted by Crippen LogP contribution is 2.09. The second kappa shape index (κ2) is 4.90. The normalized spacial score (nSPS) is 10.6. The lowest BCUT2D eigenvalue weighted by atomic mass is 10.1. The van der Waals surface area contributed by atoms with Gasteiger partial charge in [0.2, 0.25) is 0 Å². The summed E-state index contributed by atoms with van der Waals surface area (Å²) in [4.78, 5) is 4.02. The zero-order chi connectivity index (χ0) is 11.4. The van der Waals surface area contributed by atoms with Crippen molar-refractivity contribution in [2.75, 3.05) is 0 Å². The summed E-state index contributed by atoms with van der Waals surface area (Å²) in [7, 11) is 0. The van der Waals surface area contributed by atoms with Gasteiger partial charge in [-0.1, -0.05) is 18.2 Å². The molecule has 4 heteroatoms. The van der Waals surface area contributed by atoms with Crippen LogP contribution in [0.5, 0.6) is 0 Å². The van der Waals surface area contributed by atoms with Gasteiger partial charge in [-0.2, -0.15) is 0 Å². The minimum absolute atomic E-state index is 0.156. The molecule has 1 heterocycles. The molecule has 0 aliphatic heterocycles. The Labute approximate surface area is 93.7 Å². The number of imidazole rings is 1. The number of aromatic nitrogens is 2. The van der Waals surface area contributed by atoms with Crippen molar-refractivity contribution in [2.24, 2.45) is 5.73 Å². The molecule has 0 saturated heterocycles. The standard InChI is InChI=1S/C12H14FN3/c13-12-4-2-1-3-10(12)5-6-16-9-15-8-11(16)7-14/h1-4,8-9H,5-7,14H2. The molecule has 0 fully saturated rings. The van der Waals surface area contributed by atoms with E-state index in [2.05, 4.69) is 4.98 Å². The van der Waals surface area contributed by atoms with Crippen LogP contribution < -0.4 is 5.73 Å². The number of aryl methyl sites for hydroxylation is 2. The fourth-order valence-corrected chi connectivity index (χ4v) is 1.66. The second-order valence-electron chi connectivity index (χ2n) is 3.62. The maximum Gasteiger partial charge on any atom is 0.126 e. The van der Waals surface area contributed by atoms with Crippen LogP contribution in [0, 0.1) is 5.82 Å². The number of rotatable bonds is 4. The van der Waals surface area contributed by atoms with Gasteiger partial charge >= 0.3 is 0 Å². The van der Waals surface area contributed by atoms with Crippen LogP contribution in [-0.4, -0.2) is 9.55 Å². The molecule has 1 aromatic heterocycles. The summed E-state index contributed by atoms with van der Waals surface area (Å²) in [6, 6.07) is 6.82. The van der Waals surface area contributed by atoms with Crippen molar-refractivity contribution in [3.8, 4) is 0 Å². The Hall–Kier alpha value is -1.68. The molecule has 0 radical (unpaired) electrons. The highest BCUT2D eigenvalue weighted by molar-refractivity contribution is 5.17. The van der Waals surface area contributed by atoms with E-state index in [1.54, 1.807) is 24.7 Å². The summed E-state index contributed by atoms with van der Waals surface area (Å²) in [6.07, 6.45) is 4.11. The predicted octanol–water partition coefficient (Wildman–Crippen LogP) is 1.72. The zero-order valence-corrected chi connectivity index (χ0v) is 8.94. The fourth-order valence-electron chi connectivity index (χ4n) is 1.66. The summed E-state index contributed by atoms with van der Waals surface area (Å²) >= 11 is 0. The molecule has 1 aromatic carbocycles. The first-order valence-electron chi connectivity index (χ1n) is 5.23. The third-order valence-electron chi connectivity index (χ3n) is 2.59. The van der Waals surface area contributed by atoms with Crippen molar-refractivity contribution in [1.82, 2.24) is 9.55 Å². The molecule has 0 atom stereocenters. The Bertz CT molecular complexity index is 465. The number of nitrogens with two attached hydrogens (primary N) is 1. The Morgan fingerprint density at radius 3 is 2.88 bits per heavy atom. The molecule has 0 aliphatic carbocycles. The Morgan fingerprint density at radius 2 is 2.12 bits per heavy atom. The maximum atomic E-state index is 13.4. The first-order chi connectivity index (χ1) is 7.81. The number of hydrogen-bond acceptors (Lipinski definition) is 2. The molecule has 16 heavy (non-hydrogen) atoms. The predicted molar refractivity (Wildman–Crippen MR) is 60.2 cm³/mol. The van der Waals surface area contributed by atoms with Crippen molar-refractivity contribution in [2.45, 2.75) is 19.5 Å². The van der Waals surface area contributed by atoms with Crippen LogP contribution in [0.2, 0.25) is 0 Å². The van der Waals surface area contributed by atoms with Crippen molar-refractivity contribution in [1.29, 1.82) is 0 Å². The van der Waals surface area contributed by atoms with E-state index in [9.17, 15) is 4.39 Å². The van der Waals surface area contributed by atoms with Crippen molar-refractivity contribution >= 4 is 0 Å². The maximum absolute atomic E-state index is 13.4. The summed E-state index contributed by atoms with van der Waals surface area (Å²) in [5.74, 6) is -0.156. The van der Waals surface area contributed by atoms with Gasteiger partial charge in [0, 0.05) is 19.3 Å². The molecule has 0 amide bonds. The third kappa shape index (κ3) is 2.28. The van der Waals surface area contributed by atoms with E-state index in [0.717, 1.165) is 11.3 Å². The molecule has 2 aromatic rings.